The molecule has 0 radical (unpaired) electrons. The molecule has 0 bridgehead atoms. The molecule has 1 fully saturated rings. The van der Waals surface area contributed by atoms with Crippen LogP contribution in [0, 0.1) is 6.92 Å². The number of para-hydroxylation sites is 1. The summed E-state index contributed by atoms with van der Waals surface area (Å²) in [5.74, 6) is 0.0258. The first-order valence-corrected chi connectivity index (χ1v) is 8.49. The van der Waals surface area contributed by atoms with Crippen LogP contribution < -0.4 is 5.43 Å². The lowest BCUT2D eigenvalue weighted by Crippen LogP contribution is -2.39. The number of hydrogen-bond acceptors (Lipinski definition) is 3. The Morgan fingerprint density at radius 3 is 2.72 bits per heavy atom. The summed E-state index contributed by atoms with van der Waals surface area (Å²) in [6.07, 6.45) is 0.797. The quantitative estimate of drug-likeness (QED) is 0.847. The van der Waals surface area contributed by atoms with Crippen molar-refractivity contribution in [3.63, 3.8) is 0 Å². The number of amides is 2. The van der Waals surface area contributed by atoms with Crippen LogP contribution in [0.4, 0.5) is 0 Å². The molecule has 0 N–H and O–H groups in total. The molecule has 6 heteroatoms. The van der Waals surface area contributed by atoms with Crippen LogP contribution in [0.15, 0.2) is 35.1 Å². The molecule has 1 aliphatic heterocycles. The van der Waals surface area contributed by atoms with E-state index in [1.54, 1.807) is 35.9 Å². The summed E-state index contributed by atoms with van der Waals surface area (Å²) in [7, 11) is 1.78. The smallest absolute Gasteiger partial charge is 0.242 e. The number of carbonyl (C=O) groups is 2. The van der Waals surface area contributed by atoms with Gasteiger partial charge in [-0.25, -0.2) is 0 Å². The molecule has 1 aliphatic rings. The van der Waals surface area contributed by atoms with Gasteiger partial charge in [0.15, 0.2) is 5.43 Å². The SMILES string of the molecule is CC(=O)N(C)[C@@H]1CCN(C(=O)Cn2c(C)cc(=O)c3ccccc32)C1. The molecule has 6 nitrogen and oxygen atoms in total. The van der Waals surface area contributed by atoms with Gasteiger partial charge in [0, 0.05) is 44.2 Å². The van der Waals surface area contributed by atoms with E-state index in [9.17, 15) is 14.4 Å². The predicted octanol–water partition coefficient (Wildman–Crippen LogP) is 1.39. The maximum absolute atomic E-state index is 12.8. The maximum Gasteiger partial charge on any atom is 0.242 e. The molecule has 0 unspecified atom stereocenters. The Hall–Kier alpha value is -2.63. The zero-order valence-electron chi connectivity index (χ0n) is 14.9. The van der Waals surface area contributed by atoms with Crippen LogP contribution in [0.1, 0.15) is 19.0 Å². The number of pyridine rings is 1. The minimum absolute atomic E-state index is 0.0105. The summed E-state index contributed by atoms with van der Waals surface area (Å²) in [6.45, 7) is 4.80. The number of rotatable bonds is 3. The van der Waals surface area contributed by atoms with Crippen molar-refractivity contribution in [3.8, 4) is 0 Å². The van der Waals surface area contributed by atoms with Gasteiger partial charge in [-0.2, -0.15) is 0 Å². The highest BCUT2D eigenvalue weighted by Crippen LogP contribution is 2.17. The highest BCUT2D eigenvalue weighted by Gasteiger charge is 2.30. The van der Waals surface area contributed by atoms with Crippen LogP contribution >= 0.6 is 0 Å². The lowest BCUT2D eigenvalue weighted by atomic mass is 10.2. The van der Waals surface area contributed by atoms with Crippen LogP contribution in [0.3, 0.4) is 0 Å². The topological polar surface area (TPSA) is 62.6 Å². The van der Waals surface area contributed by atoms with Crippen molar-refractivity contribution in [1.29, 1.82) is 0 Å². The van der Waals surface area contributed by atoms with E-state index in [-0.39, 0.29) is 29.8 Å². The Morgan fingerprint density at radius 2 is 2.00 bits per heavy atom. The van der Waals surface area contributed by atoms with Crippen molar-refractivity contribution in [2.75, 3.05) is 20.1 Å². The van der Waals surface area contributed by atoms with E-state index in [2.05, 4.69) is 0 Å². The molecular formula is C19H23N3O3. The molecular weight excluding hydrogens is 318 g/mol. The Balaban J connectivity index is 1.82. The molecule has 25 heavy (non-hydrogen) atoms. The second-order valence-corrected chi connectivity index (χ2v) is 6.67. The number of likely N-dealkylation sites (N-methyl/N-ethyl adjacent to an activating group) is 1. The van der Waals surface area contributed by atoms with E-state index in [0.717, 1.165) is 17.6 Å². The number of aromatic nitrogens is 1. The zero-order chi connectivity index (χ0) is 18.1. The summed E-state index contributed by atoms with van der Waals surface area (Å²) in [6, 6.07) is 9.00. The van der Waals surface area contributed by atoms with Crippen LogP contribution in [-0.4, -0.2) is 52.4 Å². The van der Waals surface area contributed by atoms with Crippen LogP contribution in [0.25, 0.3) is 10.9 Å². The fourth-order valence-corrected chi connectivity index (χ4v) is 3.44. The Bertz CT molecular complexity index is 887. The Labute approximate surface area is 146 Å². The fourth-order valence-electron chi connectivity index (χ4n) is 3.44. The summed E-state index contributed by atoms with van der Waals surface area (Å²) in [5, 5.41) is 0.622. The Morgan fingerprint density at radius 1 is 1.28 bits per heavy atom. The van der Waals surface area contributed by atoms with Gasteiger partial charge in [0.05, 0.1) is 11.6 Å². The molecule has 0 aliphatic carbocycles. The van der Waals surface area contributed by atoms with E-state index in [1.807, 2.05) is 29.7 Å². The van der Waals surface area contributed by atoms with E-state index < -0.39 is 0 Å². The lowest BCUT2D eigenvalue weighted by Gasteiger charge is -2.24. The van der Waals surface area contributed by atoms with E-state index >= 15 is 0 Å². The lowest BCUT2D eigenvalue weighted by molar-refractivity contribution is -0.133. The van der Waals surface area contributed by atoms with Crippen molar-refractivity contribution in [2.24, 2.45) is 0 Å². The molecule has 2 amide bonds. The highest BCUT2D eigenvalue weighted by atomic mass is 16.2. The molecule has 2 aromatic rings. The molecule has 0 saturated carbocycles. The zero-order valence-corrected chi connectivity index (χ0v) is 14.9. The number of likely N-dealkylation sites (tertiary alicyclic amines) is 1. The maximum atomic E-state index is 12.8. The largest absolute Gasteiger partial charge is 0.341 e. The first-order chi connectivity index (χ1) is 11.9. The standard InChI is InChI=1S/C19H23N3O3/c1-13-10-18(24)16-6-4-5-7-17(16)22(13)12-19(25)21-9-8-15(11-21)20(3)14(2)23/h4-7,10,15H,8-9,11-12H2,1-3H3/t15-/m1/s1. The van der Waals surface area contributed by atoms with Crippen molar-refractivity contribution < 1.29 is 9.59 Å². The number of fused-ring (bicyclic) bond motifs is 1. The summed E-state index contributed by atoms with van der Waals surface area (Å²) in [5.41, 5.74) is 1.52. The third kappa shape index (κ3) is 3.29. The van der Waals surface area contributed by atoms with Gasteiger partial charge in [0.1, 0.15) is 6.54 Å². The van der Waals surface area contributed by atoms with Crippen molar-refractivity contribution >= 4 is 22.7 Å². The van der Waals surface area contributed by atoms with Crippen LogP contribution in [-0.2, 0) is 16.1 Å². The van der Waals surface area contributed by atoms with Crippen molar-refractivity contribution in [3.05, 3.63) is 46.2 Å². The average molecular weight is 341 g/mol. The molecule has 0 spiro atoms. The molecule has 2 heterocycles. The van der Waals surface area contributed by atoms with Crippen LogP contribution in [0.5, 0.6) is 0 Å². The number of carbonyl (C=O) groups excluding carboxylic acids is 2. The minimum atomic E-state index is -0.0267. The van der Waals surface area contributed by atoms with Gasteiger partial charge in [0.25, 0.3) is 0 Å². The Kier molecular flexibility index (Phi) is 4.61. The fraction of sp³-hybridized carbons (Fsp3) is 0.421. The van der Waals surface area contributed by atoms with E-state index in [1.165, 1.54) is 0 Å². The molecule has 132 valence electrons. The monoisotopic (exact) mass is 341 g/mol. The van der Waals surface area contributed by atoms with Gasteiger partial charge in [0.2, 0.25) is 11.8 Å². The number of hydrogen-bond donors (Lipinski definition) is 0. The van der Waals surface area contributed by atoms with Crippen molar-refractivity contribution in [2.45, 2.75) is 32.9 Å². The average Bonchev–Trinajstić information content (AvgIpc) is 3.07. The number of benzene rings is 1. The summed E-state index contributed by atoms with van der Waals surface area (Å²) < 4.78 is 1.89. The number of aryl methyl sites for hydroxylation is 1. The van der Waals surface area contributed by atoms with Crippen LogP contribution in [0.2, 0.25) is 0 Å². The normalized spacial score (nSPS) is 17.1. The molecule has 1 atom stereocenters. The minimum Gasteiger partial charge on any atom is -0.341 e. The summed E-state index contributed by atoms with van der Waals surface area (Å²) in [4.78, 5) is 39.9. The molecule has 1 aromatic carbocycles. The highest BCUT2D eigenvalue weighted by molar-refractivity contribution is 5.83. The summed E-state index contributed by atoms with van der Waals surface area (Å²) >= 11 is 0. The molecule has 1 saturated heterocycles. The van der Waals surface area contributed by atoms with Gasteiger partial charge in [-0.05, 0) is 25.5 Å². The molecule has 3 rings (SSSR count). The predicted molar refractivity (Wildman–Crippen MR) is 96.4 cm³/mol. The van der Waals surface area contributed by atoms with Crippen molar-refractivity contribution in [1.82, 2.24) is 14.4 Å². The van der Waals surface area contributed by atoms with Gasteiger partial charge < -0.3 is 14.4 Å². The second-order valence-electron chi connectivity index (χ2n) is 6.67. The van der Waals surface area contributed by atoms with E-state index in [4.69, 9.17) is 0 Å². The third-order valence-corrected chi connectivity index (χ3v) is 5.08. The third-order valence-electron chi connectivity index (χ3n) is 5.08. The second kappa shape index (κ2) is 6.70. The van der Waals surface area contributed by atoms with E-state index in [0.29, 0.717) is 18.5 Å². The van der Waals surface area contributed by atoms with Gasteiger partial charge >= 0.3 is 0 Å². The van der Waals surface area contributed by atoms with Gasteiger partial charge in [-0.15, -0.1) is 0 Å². The van der Waals surface area contributed by atoms with Gasteiger partial charge in [-0.3, -0.25) is 14.4 Å². The number of nitrogens with zero attached hydrogens (tertiary/aromatic N) is 3. The molecule has 1 aromatic heterocycles. The first-order valence-electron chi connectivity index (χ1n) is 8.49. The van der Waals surface area contributed by atoms with Gasteiger partial charge in [-0.1, -0.05) is 12.1 Å². The first kappa shape index (κ1) is 17.2.